The first-order valence-electron chi connectivity index (χ1n) is 5.72. The van der Waals surface area contributed by atoms with E-state index < -0.39 is 0 Å². The van der Waals surface area contributed by atoms with Crippen molar-refractivity contribution in [3.8, 4) is 0 Å². The topological polar surface area (TPSA) is 32.7 Å². The first-order chi connectivity index (χ1) is 7.74. The molecular formula is C13H19NO2. The Kier molecular flexibility index (Phi) is 3.59. The van der Waals surface area contributed by atoms with Crippen molar-refractivity contribution in [2.75, 3.05) is 26.4 Å². The molecule has 88 valence electrons. The van der Waals surface area contributed by atoms with E-state index in [9.17, 15) is 5.11 Å². The van der Waals surface area contributed by atoms with Crippen molar-refractivity contribution < 1.29 is 9.84 Å². The van der Waals surface area contributed by atoms with Gasteiger partial charge < -0.3 is 9.84 Å². The van der Waals surface area contributed by atoms with E-state index in [-0.39, 0.29) is 12.1 Å². The van der Waals surface area contributed by atoms with E-state index in [1.165, 1.54) is 5.56 Å². The van der Waals surface area contributed by atoms with Gasteiger partial charge >= 0.3 is 0 Å². The van der Waals surface area contributed by atoms with Crippen LogP contribution in [0.25, 0.3) is 0 Å². The van der Waals surface area contributed by atoms with E-state index in [0.29, 0.717) is 6.61 Å². The molecule has 3 nitrogen and oxygen atoms in total. The minimum Gasteiger partial charge on any atom is -0.394 e. The Hall–Kier alpha value is -0.900. The van der Waals surface area contributed by atoms with Crippen molar-refractivity contribution in [3.63, 3.8) is 0 Å². The minimum absolute atomic E-state index is 0.139. The van der Waals surface area contributed by atoms with Crippen molar-refractivity contribution in [1.29, 1.82) is 0 Å². The normalized spacial score (nSPS) is 26.9. The molecule has 1 aromatic rings. The zero-order valence-corrected chi connectivity index (χ0v) is 9.72. The molecule has 0 aliphatic carbocycles. The Morgan fingerprint density at radius 3 is 2.81 bits per heavy atom. The third-order valence-corrected chi connectivity index (χ3v) is 3.24. The molecule has 0 amide bonds. The van der Waals surface area contributed by atoms with Gasteiger partial charge in [0.1, 0.15) is 0 Å². The molecule has 0 radical (unpaired) electrons. The lowest BCUT2D eigenvalue weighted by Gasteiger charge is -2.43. The zero-order chi connectivity index (χ0) is 11.4. The highest BCUT2D eigenvalue weighted by Crippen LogP contribution is 2.21. The number of hydrogen-bond donors (Lipinski definition) is 1. The number of benzene rings is 1. The SMILES string of the molecule is C[C@@]1(CO)COCCN1Cc1ccccc1. The fourth-order valence-electron chi connectivity index (χ4n) is 2.05. The molecule has 1 heterocycles. The molecule has 0 saturated carbocycles. The number of aliphatic hydroxyl groups excluding tert-OH is 1. The van der Waals surface area contributed by atoms with Crippen LogP contribution in [0, 0.1) is 0 Å². The van der Waals surface area contributed by atoms with Crippen LogP contribution in [0.5, 0.6) is 0 Å². The second-order valence-electron chi connectivity index (χ2n) is 4.61. The predicted octanol–water partition coefficient (Wildman–Crippen LogP) is 1.27. The maximum Gasteiger partial charge on any atom is 0.0671 e. The lowest BCUT2D eigenvalue weighted by atomic mass is 10.00. The van der Waals surface area contributed by atoms with E-state index >= 15 is 0 Å². The van der Waals surface area contributed by atoms with Crippen molar-refractivity contribution in [1.82, 2.24) is 4.90 Å². The third kappa shape index (κ3) is 2.43. The lowest BCUT2D eigenvalue weighted by Crippen LogP contribution is -2.56. The van der Waals surface area contributed by atoms with Crippen LogP contribution in [0.4, 0.5) is 0 Å². The molecule has 3 heteroatoms. The average molecular weight is 221 g/mol. The van der Waals surface area contributed by atoms with Gasteiger partial charge in [-0.2, -0.15) is 0 Å². The van der Waals surface area contributed by atoms with Crippen LogP contribution in [0.15, 0.2) is 30.3 Å². The summed E-state index contributed by atoms with van der Waals surface area (Å²) in [5.74, 6) is 0. The van der Waals surface area contributed by atoms with Crippen LogP contribution in [0.3, 0.4) is 0 Å². The minimum atomic E-state index is -0.242. The first kappa shape index (κ1) is 11.6. The molecule has 1 aromatic carbocycles. The van der Waals surface area contributed by atoms with Crippen LogP contribution in [-0.4, -0.2) is 41.9 Å². The van der Waals surface area contributed by atoms with Crippen LogP contribution in [0.1, 0.15) is 12.5 Å². The highest BCUT2D eigenvalue weighted by molar-refractivity contribution is 5.15. The molecule has 1 atom stereocenters. The largest absolute Gasteiger partial charge is 0.394 e. The number of ether oxygens (including phenoxy) is 1. The van der Waals surface area contributed by atoms with Crippen LogP contribution in [0.2, 0.25) is 0 Å². The molecule has 1 fully saturated rings. The second-order valence-corrected chi connectivity index (χ2v) is 4.61. The van der Waals surface area contributed by atoms with Gasteiger partial charge in [-0.3, -0.25) is 4.90 Å². The summed E-state index contributed by atoms with van der Waals surface area (Å²) in [5.41, 5.74) is 1.04. The first-order valence-corrected chi connectivity index (χ1v) is 5.72. The smallest absolute Gasteiger partial charge is 0.0671 e. The Morgan fingerprint density at radius 1 is 1.38 bits per heavy atom. The van der Waals surface area contributed by atoms with Gasteiger partial charge in [0.15, 0.2) is 0 Å². The Morgan fingerprint density at radius 2 is 2.12 bits per heavy atom. The lowest BCUT2D eigenvalue weighted by molar-refractivity contribution is -0.0863. The summed E-state index contributed by atoms with van der Waals surface area (Å²) < 4.78 is 5.44. The Bertz CT molecular complexity index is 328. The maximum atomic E-state index is 9.48. The number of hydrogen-bond acceptors (Lipinski definition) is 3. The van der Waals surface area contributed by atoms with E-state index in [0.717, 1.165) is 19.7 Å². The summed E-state index contributed by atoms with van der Waals surface area (Å²) >= 11 is 0. The van der Waals surface area contributed by atoms with Crippen molar-refractivity contribution >= 4 is 0 Å². The molecule has 1 aliphatic heterocycles. The molecule has 0 spiro atoms. The maximum absolute atomic E-state index is 9.48. The quantitative estimate of drug-likeness (QED) is 0.834. The Labute approximate surface area is 96.6 Å². The fraction of sp³-hybridized carbons (Fsp3) is 0.538. The van der Waals surface area contributed by atoms with Gasteiger partial charge in [-0.25, -0.2) is 0 Å². The van der Waals surface area contributed by atoms with Gasteiger partial charge in [-0.15, -0.1) is 0 Å². The Balaban J connectivity index is 2.07. The number of morpholine rings is 1. The molecule has 0 unspecified atom stereocenters. The molecule has 0 bridgehead atoms. The standard InChI is InChI=1S/C13H19NO2/c1-13(10-15)11-16-8-7-14(13)9-12-5-3-2-4-6-12/h2-6,15H,7-11H2,1H3/t13-/m1/s1. The van der Waals surface area contributed by atoms with Crippen LogP contribution >= 0.6 is 0 Å². The van der Waals surface area contributed by atoms with E-state index in [2.05, 4.69) is 24.0 Å². The van der Waals surface area contributed by atoms with Gasteiger partial charge in [-0.1, -0.05) is 30.3 Å². The molecule has 2 rings (SSSR count). The van der Waals surface area contributed by atoms with Crippen molar-refractivity contribution in [2.24, 2.45) is 0 Å². The molecule has 1 saturated heterocycles. The van der Waals surface area contributed by atoms with E-state index in [1.807, 2.05) is 18.2 Å². The van der Waals surface area contributed by atoms with Gasteiger partial charge in [0.2, 0.25) is 0 Å². The number of nitrogens with zero attached hydrogens (tertiary/aromatic N) is 1. The average Bonchev–Trinajstić information content (AvgIpc) is 2.34. The molecule has 1 aliphatic rings. The third-order valence-electron chi connectivity index (χ3n) is 3.24. The molecule has 16 heavy (non-hydrogen) atoms. The fourth-order valence-corrected chi connectivity index (χ4v) is 2.05. The summed E-state index contributed by atoms with van der Waals surface area (Å²) in [6, 6.07) is 10.4. The van der Waals surface area contributed by atoms with Crippen molar-refractivity contribution in [3.05, 3.63) is 35.9 Å². The number of aliphatic hydroxyl groups is 1. The van der Waals surface area contributed by atoms with Crippen LogP contribution < -0.4 is 0 Å². The van der Waals surface area contributed by atoms with Crippen molar-refractivity contribution in [2.45, 2.75) is 19.0 Å². The summed E-state index contributed by atoms with van der Waals surface area (Å²) in [6.07, 6.45) is 0. The van der Waals surface area contributed by atoms with Gasteiger partial charge in [-0.05, 0) is 12.5 Å². The van der Waals surface area contributed by atoms with Gasteiger partial charge in [0, 0.05) is 13.1 Å². The summed E-state index contributed by atoms with van der Waals surface area (Å²) in [7, 11) is 0. The molecule has 1 N–H and O–H groups in total. The zero-order valence-electron chi connectivity index (χ0n) is 9.72. The molecule has 0 aromatic heterocycles. The van der Waals surface area contributed by atoms with Gasteiger partial charge in [0.05, 0.1) is 25.4 Å². The van der Waals surface area contributed by atoms with E-state index in [1.54, 1.807) is 0 Å². The van der Waals surface area contributed by atoms with Crippen LogP contribution in [-0.2, 0) is 11.3 Å². The highest BCUT2D eigenvalue weighted by atomic mass is 16.5. The highest BCUT2D eigenvalue weighted by Gasteiger charge is 2.34. The van der Waals surface area contributed by atoms with Gasteiger partial charge in [0.25, 0.3) is 0 Å². The van der Waals surface area contributed by atoms with E-state index in [4.69, 9.17) is 4.74 Å². The summed E-state index contributed by atoms with van der Waals surface area (Å²) in [6.45, 7) is 5.31. The summed E-state index contributed by atoms with van der Waals surface area (Å²) in [5, 5.41) is 9.48. The predicted molar refractivity (Wildman–Crippen MR) is 63.2 cm³/mol. The summed E-state index contributed by atoms with van der Waals surface area (Å²) in [4.78, 5) is 2.30. The molecular weight excluding hydrogens is 202 g/mol. The number of rotatable bonds is 3. The monoisotopic (exact) mass is 221 g/mol. The second kappa shape index (κ2) is 4.95.